The van der Waals surface area contributed by atoms with Crippen LogP contribution < -0.4 is 0 Å². The van der Waals surface area contributed by atoms with Gasteiger partial charge in [0.2, 0.25) is 0 Å². The van der Waals surface area contributed by atoms with Gasteiger partial charge in [-0.3, -0.25) is 4.79 Å². The molecule has 4 nitrogen and oxygen atoms in total. The molecule has 2 heterocycles. The highest BCUT2D eigenvalue weighted by Gasteiger charge is 2.10. The molecule has 0 saturated carbocycles. The predicted octanol–water partition coefficient (Wildman–Crippen LogP) is 2.43. The first-order chi connectivity index (χ1) is 8.04. The average Bonchev–Trinajstić information content (AvgIpc) is 2.57. The average molecular weight is 344 g/mol. The molecule has 0 saturated heterocycles. The minimum absolute atomic E-state index is 0.0829. The Morgan fingerprint density at radius 3 is 2.94 bits per heavy atom. The molecule has 0 N–H and O–H groups in total. The highest BCUT2D eigenvalue weighted by Crippen LogP contribution is 2.10. The molecule has 0 atom stereocenters. The SMILES string of the molecule is CC(C)OC(=O)Cc1cn2cc(I)ccc2n1. The summed E-state index contributed by atoms with van der Waals surface area (Å²) in [4.78, 5) is 15.9. The molecule has 17 heavy (non-hydrogen) atoms. The number of nitrogens with zero attached hydrogens (tertiary/aromatic N) is 2. The van der Waals surface area contributed by atoms with E-state index in [4.69, 9.17) is 4.74 Å². The van der Waals surface area contributed by atoms with Gasteiger partial charge in [0, 0.05) is 16.0 Å². The Morgan fingerprint density at radius 1 is 1.47 bits per heavy atom. The number of aromatic nitrogens is 2. The van der Waals surface area contributed by atoms with E-state index in [-0.39, 0.29) is 18.5 Å². The Bertz CT molecular complexity index is 548. The molecule has 0 aliphatic carbocycles. The molecule has 0 fully saturated rings. The second-order valence-corrected chi connectivity index (χ2v) is 5.31. The maximum Gasteiger partial charge on any atom is 0.312 e. The van der Waals surface area contributed by atoms with Gasteiger partial charge in [0.15, 0.2) is 0 Å². The van der Waals surface area contributed by atoms with Gasteiger partial charge in [-0.15, -0.1) is 0 Å². The topological polar surface area (TPSA) is 43.6 Å². The number of halogens is 1. The third-order valence-corrected chi connectivity index (χ3v) is 2.80. The Kier molecular flexibility index (Phi) is 3.66. The fourth-order valence-corrected chi connectivity index (χ4v) is 2.03. The maximum atomic E-state index is 11.5. The number of pyridine rings is 1. The molecule has 0 radical (unpaired) electrons. The lowest BCUT2D eigenvalue weighted by atomic mass is 10.3. The predicted molar refractivity (Wildman–Crippen MR) is 72.8 cm³/mol. The standard InChI is InChI=1S/C12H13IN2O2/c1-8(2)17-12(16)5-10-7-15-6-9(13)3-4-11(15)14-10/h3-4,6-8H,5H2,1-2H3. The van der Waals surface area contributed by atoms with E-state index in [2.05, 4.69) is 27.6 Å². The normalized spacial score (nSPS) is 11.1. The zero-order chi connectivity index (χ0) is 12.4. The van der Waals surface area contributed by atoms with Crippen LogP contribution in [0.1, 0.15) is 19.5 Å². The van der Waals surface area contributed by atoms with Crippen LogP contribution in [0, 0.1) is 3.57 Å². The summed E-state index contributed by atoms with van der Waals surface area (Å²) in [6.45, 7) is 3.67. The molecule has 5 heteroatoms. The highest BCUT2D eigenvalue weighted by molar-refractivity contribution is 14.1. The van der Waals surface area contributed by atoms with Crippen molar-refractivity contribution in [3.05, 3.63) is 33.8 Å². The monoisotopic (exact) mass is 344 g/mol. The van der Waals surface area contributed by atoms with Gasteiger partial charge in [-0.1, -0.05) is 0 Å². The van der Waals surface area contributed by atoms with Crippen molar-refractivity contribution in [3.8, 4) is 0 Å². The van der Waals surface area contributed by atoms with Gasteiger partial charge >= 0.3 is 5.97 Å². The third-order valence-electron chi connectivity index (χ3n) is 2.16. The summed E-state index contributed by atoms with van der Waals surface area (Å²) in [6, 6.07) is 3.91. The second-order valence-electron chi connectivity index (χ2n) is 4.06. The van der Waals surface area contributed by atoms with Crippen molar-refractivity contribution in [1.29, 1.82) is 0 Å². The fraction of sp³-hybridized carbons (Fsp3) is 0.333. The van der Waals surface area contributed by atoms with E-state index in [1.54, 1.807) is 0 Å². The first-order valence-corrected chi connectivity index (χ1v) is 6.45. The first kappa shape index (κ1) is 12.3. The maximum absolute atomic E-state index is 11.5. The van der Waals surface area contributed by atoms with E-state index in [0.29, 0.717) is 0 Å². The van der Waals surface area contributed by atoms with Crippen LogP contribution in [0.3, 0.4) is 0 Å². The molecule has 0 unspecified atom stereocenters. The Balaban J connectivity index is 2.17. The van der Waals surface area contributed by atoms with Crippen LogP contribution in [0.5, 0.6) is 0 Å². The molecule has 2 aromatic rings. The van der Waals surface area contributed by atoms with Crippen LogP contribution in [0.25, 0.3) is 5.65 Å². The second kappa shape index (κ2) is 5.03. The van der Waals surface area contributed by atoms with E-state index in [0.717, 1.165) is 14.9 Å². The summed E-state index contributed by atoms with van der Waals surface area (Å²) in [5, 5.41) is 0. The molecule has 2 aromatic heterocycles. The highest BCUT2D eigenvalue weighted by atomic mass is 127. The number of ether oxygens (including phenoxy) is 1. The van der Waals surface area contributed by atoms with E-state index < -0.39 is 0 Å². The number of carbonyl (C=O) groups excluding carboxylic acids is 1. The van der Waals surface area contributed by atoms with Crippen LogP contribution in [0.15, 0.2) is 24.5 Å². The van der Waals surface area contributed by atoms with Crippen molar-refractivity contribution in [2.75, 3.05) is 0 Å². The number of fused-ring (bicyclic) bond motifs is 1. The van der Waals surface area contributed by atoms with Gasteiger partial charge in [0.1, 0.15) is 5.65 Å². The molecule has 0 aliphatic rings. The van der Waals surface area contributed by atoms with Crippen molar-refractivity contribution in [2.45, 2.75) is 26.4 Å². The summed E-state index contributed by atoms with van der Waals surface area (Å²) in [5.41, 5.74) is 1.58. The lowest BCUT2D eigenvalue weighted by Crippen LogP contribution is -2.13. The zero-order valence-electron chi connectivity index (χ0n) is 9.68. The van der Waals surface area contributed by atoms with Crippen LogP contribution >= 0.6 is 22.6 Å². The van der Waals surface area contributed by atoms with Gasteiger partial charge in [0.25, 0.3) is 0 Å². The lowest BCUT2D eigenvalue weighted by Gasteiger charge is -2.05. The summed E-state index contributed by atoms with van der Waals surface area (Å²) in [6.07, 6.45) is 3.97. The number of imidazole rings is 1. The third kappa shape index (κ3) is 3.18. The van der Waals surface area contributed by atoms with Crippen molar-refractivity contribution in [2.24, 2.45) is 0 Å². The van der Waals surface area contributed by atoms with Crippen molar-refractivity contribution < 1.29 is 9.53 Å². The van der Waals surface area contributed by atoms with Crippen molar-refractivity contribution in [3.63, 3.8) is 0 Å². The van der Waals surface area contributed by atoms with E-state index in [1.165, 1.54) is 0 Å². The van der Waals surface area contributed by atoms with Crippen LogP contribution in [-0.2, 0) is 16.0 Å². The molecule has 90 valence electrons. The van der Waals surface area contributed by atoms with Gasteiger partial charge in [0.05, 0.1) is 18.2 Å². The quantitative estimate of drug-likeness (QED) is 0.635. The molecule has 2 rings (SSSR count). The van der Waals surface area contributed by atoms with Crippen molar-refractivity contribution in [1.82, 2.24) is 9.38 Å². The summed E-state index contributed by atoms with van der Waals surface area (Å²) in [7, 11) is 0. The molecule has 0 aliphatic heterocycles. The molecule has 0 aromatic carbocycles. The number of esters is 1. The van der Waals surface area contributed by atoms with Gasteiger partial charge in [-0.25, -0.2) is 4.98 Å². The first-order valence-electron chi connectivity index (χ1n) is 5.37. The summed E-state index contributed by atoms with van der Waals surface area (Å²) < 4.78 is 8.13. The fourth-order valence-electron chi connectivity index (χ4n) is 1.55. The number of carbonyl (C=O) groups is 1. The Labute approximate surface area is 113 Å². The smallest absolute Gasteiger partial charge is 0.312 e. The minimum Gasteiger partial charge on any atom is -0.463 e. The minimum atomic E-state index is -0.238. The molecule has 0 bridgehead atoms. The van der Waals surface area contributed by atoms with Crippen molar-refractivity contribution >= 4 is 34.2 Å². The van der Waals surface area contributed by atoms with Crippen LogP contribution in [0.4, 0.5) is 0 Å². The lowest BCUT2D eigenvalue weighted by molar-refractivity contribution is -0.146. The Morgan fingerprint density at radius 2 is 2.24 bits per heavy atom. The molecular weight excluding hydrogens is 331 g/mol. The van der Waals surface area contributed by atoms with Gasteiger partial charge in [-0.05, 0) is 48.6 Å². The molecule has 0 amide bonds. The number of rotatable bonds is 3. The summed E-state index contributed by atoms with van der Waals surface area (Å²) >= 11 is 2.24. The van der Waals surface area contributed by atoms with E-state index in [9.17, 15) is 4.79 Å². The molecular formula is C12H13IN2O2. The van der Waals surface area contributed by atoms with Gasteiger partial charge < -0.3 is 9.14 Å². The van der Waals surface area contributed by atoms with E-state index in [1.807, 2.05) is 42.8 Å². The van der Waals surface area contributed by atoms with E-state index >= 15 is 0 Å². The zero-order valence-corrected chi connectivity index (χ0v) is 11.8. The Hall–Kier alpha value is -1.11. The van der Waals surface area contributed by atoms with Crippen LogP contribution in [0.2, 0.25) is 0 Å². The number of hydrogen-bond acceptors (Lipinski definition) is 3. The summed E-state index contributed by atoms with van der Waals surface area (Å²) in [5.74, 6) is -0.238. The van der Waals surface area contributed by atoms with Crippen LogP contribution in [-0.4, -0.2) is 21.5 Å². The number of hydrogen-bond donors (Lipinski definition) is 0. The molecule has 0 spiro atoms. The largest absolute Gasteiger partial charge is 0.463 e. The van der Waals surface area contributed by atoms with Gasteiger partial charge in [-0.2, -0.15) is 0 Å².